The summed E-state index contributed by atoms with van der Waals surface area (Å²) >= 11 is 0. The maximum atomic E-state index is 11.1. The van der Waals surface area contributed by atoms with Crippen molar-refractivity contribution in [2.75, 3.05) is 5.32 Å². The minimum Gasteiger partial charge on any atom is -0.478 e. The third kappa shape index (κ3) is 4.09. The molecule has 1 aliphatic heterocycles. The zero-order valence-electron chi connectivity index (χ0n) is 17.7. The fraction of sp³-hybridized carbons (Fsp3) is 0.0769. The normalized spacial score (nSPS) is 12.2. The highest BCUT2D eigenvalue weighted by Crippen LogP contribution is 2.33. The SMILES string of the molecule is NCc1ccc2c(c1)C(c1ccccc1)=NCc1cnc(Nc3ccc(C(=O)O)cc3)nc1-2. The van der Waals surface area contributed by atoms with Crippen LogP contribution in [-0.2, 0) is 13.1 Å². The molecule has 1 aliphatic rings. The second-order valence-electron chi connectivity index (χ2n) is 7.69. The number of nitrogens with one attached hydrogen (secondary N) is 1. The molecule has 3 aromatic carbocycles. The predicted octanol–water partition coefficient (Wildman–Crippen LogP) is 4.40. The van der Waals surface area contributed by atoms with Crippen LogP contribution in [0.5, 0.6) is 0 Å². The van der Waals surface area contributed by atoms with Gasteiger partial charge in [0.1, 0.15) is 0 Å². The van der Waals surface area contributed by atoms with Crippen molar-refractivity contribution in [1.29, 1.82) is 0 Å². The van der Waals surface area contributed by atoms with Crippen LogP contribution in [0, 0.1) is 0 Å². The number of aromatic nitrogens is 2. The Morgan fingerprint density at radius 3 is 2.52 bits per heavy atom. The summed E-state index contributed by atoms with van der Waals surface area (Å²) < 4.78 is 0. The molecule has 7 nitrogen and oxygen atoms in total. The smallest absolute Gasteiger partial charge is 0.335 e. The molecule has 2 heterocycles. The molecule has 0 fully saturated rings. The first-order valence-electron chi connectivity index (χ1n) is 10.5. The lowest BCUT2D eigenvalue weighted by Crippen LogP contribution is -2.07. The van der Waals surface area contributed by atoms with Gasteiger partial charge >= 0.3 is 5.97 Å². The number of anilines is 2. The van der Waals surface area contributed by atoms with E-state index in [1.54, 1.807) is 18.3 Å². The molecule has 7 heteroatoms. The third-order valence-corrected chi connectivity index (χ3v) is 5.54. The molecular weight excluding hydrogens is 414 g/mol. The van der Waals surface area contributed by atoms with Gasteiger partial charge in [0.2, 0.25) is 5.95 Å². The van der Waals surface area contributed by atoms with Gasteiger partial charge in [-0.3, -0.25) is 4.99 Å². The largest absolute Gasteiger partial charge is 0.478 e. The minimum atomic E-state index is -0.967. The number of fused-ring (bicyclic) bond motifs is 3. The van der Waals surface area contributed by atoms with Crippen LogP contribution in [0.2, 0.25) is 0 Å². The van der Waals surface area contributed by atoms with Gasteiger partial charge in [-0.2, -0.15) is 0 Å². The molecule has 0 aliphatic carbocycles. The van der Waals surface area contributed by atoms with Crippen molar-refractivity contribution in [2.45, 2.75) is 13.1 Å². The lowest BCUT2D eigenvalue weighted by atomic mass is 9.93. The summed E-state index contributed by atoms with van der Waals surface area (Å²) in [5, 5.41) is 12.3. The Balaban J connectivity index is 1.57. The number of hydrogen-bond donors (Lipinski definition) is 3. The Hall–Kier alpha value is -4.36. The fourth-order valence-corrected chi connectivity index (χ4v) is 3.85. The number of nitrogens with zero attached hydrogens (tertiary/aromatic N) is 3. The molecule has 0 unspecified atom stereocenters. The summed E-state index contributed by atoms with van der Waals surface area (Å²) in [5.41, 5.74) is 13.5. The van der Waals surface area contributed by atoms with E-state index < -0.39 is 5.97 Å². The van der Waals surface area contributed by atoms with Crippen molar-refractivity contribution in [3.05, 3.63) is 107 Å². The molecular formula is C26H21N5O2. The highest BCUT2D eigenvalue weighted by molar-refractivity contribution is 6.16. The van der Waals surface area contributed by atoms with Gasteiger partial charge in [-0.05, 0) is 35.9 Å². The van der Waals surface area contributed by atoms with Crippen molar-refractivity contribution in [2.24, 2.45) is 10.7 Å². The molecule has 0 spiro atoms. The molecule has 0 bridgehead atoms. The molecule has 0 atom stereocenters. The zero-order chi connectivity index (χ0) is 22.8. The first kappa shape index (κ1) is 20.5. The average molecular weight is 435 g/mol. The molecule has 1 aromatic heterocycles. The van der Waals surface area contributed by atoms with E-state index in [0.717, 1.165) is 39.2 Å². The maximum Gasteiger partial charge on any atom is 0.335 e. The molecule has 0 saturated carbocycles. The molecule has 0 amide bonds. The van der Waals surface area contributed by atoms with Crippen LogP contribution in [0.3, 0.4) is 0 Å². The van der Waals surface area contributed by atoms with Gasteiger partial charge in [-0.1, -0.05) is 42.5 Å². The van der Waals surface area contributed by atoms with Gasteiger partial charge in [0, 0.05) is 40.7 Å². The number of aromatic carboxylic acids is 1. The Labute approximate surface area is 190 Å². The molecule has 4 aromatic rings. The maximum absolute atomic E-state index is 11.1. The first-order valence-corrected chi connectivity index (χ1v) is 10.5. The minimum absolute atomic E-state index is 0.221. The average Bonchev–Trinajstić information content (AvgIpc) is 3.01. The summed E-state index contributed by atoms with van der Waals surface area (Å²) in [7, 11) is 0. The molecule has 0 radical (unpaired) electrons. The molecule has 0 saturated heterocycles. The van der Waals surface area contributed by atoms with Crippen LogP contribution in [0.4, 0.5) is 11.6 Å². The van der Waals surface area contributed by atoms with Crippen molar-refractivity contribution >= 4 is 23.3 Å². The number of aliphatic imine (C=N–C) groups is 1. The van der Waals surface area contributed by atoms with Crippen LogP contribution in [0.1, 0.15) is 32.6 Å². The summed E-state index contributed by atoms with van der Waals surface area (Å²) in [6.45, 7) is 0.894. The van der Waals surface area contributed by atoms with Crippen molar-refractivity contribution in [3.8, 4) is 11.3 Å². The number of carboxylic acid groups (broad SMARTS) is 1. The quantitative estimate of drug-likeness (QED) is 0.428. The second kappa shape index (κ2) is 8.64. The van der Waals surface area contributed by atoms with Crippen molar-refractivity contribution in [3.63, 3.8) is 0 Å². The summed E-state index contributed by atoms with van der Waals surface area (Å²) in [4.78, 5) is 25.3. The van der Waals surface area contributed by atoms with Gasteiger partial charge < -0.3 is 16.2 Å². The van der Waals surface area contributed by atoms with Gasteiger partial charge in [0.15, 0.2) is 0 Å². The molecule has 33 heavy (non-hydrogen) atoms. The van der Waals surface area contributed by atoms with E-state index in [2.05, 4.69) is 16.4 Å². The first-order chi connectivity index (χ1) is 16.1. The third-order valence-electron chi connectivity index (χ3n) is 5.54. The van der Waals surface area contributed by atoms with E-state index in [-0.39, 0.29) is 5.56 Å². The standard InChI is InChI=1S/C26H21N5O2/c27-13-16-6-11-21-22(12-16)23(17-4-2-1-3-5-17)28-14-19-15-29-26(31-24(19)21)30-20-9-7-18(8-10-20)25(32)33/h1-12,15H,13-14,27H2,(H,32,33)(H,29,30,31). The number of carbonyl (C=O) groups is 1. The van der Waals surface area contributed by atoms with Gasteiger partial charge in [0.05, 0.1) is 23.5 Å². The van der Waals surface area contributed by atoms with E-state index in [0.29, 0.717) is 24.7 Å². The van der Waals surface area contributed by atoms with E-state index in [4.69, 9.17) is 20.8 Å². The molecule has 4 N–H and O–H groups in total. The van der Waals surface area contributed by atoms with E-state index >= 15 is 0 Å². The predicted molar refractivity (Wildman–Crippen MR) is 128 cm³/mol. The topological polar surface area (TPSA) is 113 Å². The highest BCUT2D eigenvalue weighted by Gasteiger charge is 2.21. The Morgan fingerprint density at radius 2 is 1.79 bits per heavy atom. The van der Waals surface area contributed by atoms with Crippen LogP contribution >= 0.6 is 0 Å². The van der Waals surface area contributed by atoms with Crippen LogP contribution in [-0.4, -0.2) is 26.8 Å². The zero-order valence-corrected chi connectivity index (χ0v) is 17.7. The number of carboxylic acids is 1. The van der Waals surface area contributed by atoms with Crippen LogP contribution in [0.25, 0.3) is 11.3 Å². The van der Waals surface area contributed by atoms with Gasteiger partial charge in [-0.15, -0.1) is 0 Å². The van der Waals surface area contributed by atoms with E-state index in [9.17, 15) is 4.79 Å². The number of hydrogen-bond acceptors (Lipinski definition) is 6. The van der Waals surface area contributed by atoms with Crippen LogP contribution in [0.15, 0.2) is 84.0 Å². The van der Waals surface area contributed by atoms with E-state index in [1.165, 1.54) is 12.1 Å². The summed E-state index contributed by atoms with van der Waals surface area (Å²) in [6.07, 6.45) is 1.79. The van der Waals surface area contributed by atoms with E-state index in [1.807, 2.05) is 42.5 Å². The Bertz CT molecular complexity index is 1370. The highest BCUT2D eigenvalue weighted by atomic mass is 16.4. The summed E-state index contributed by atoms with van der Waals surface area (Å²) in [6, 6.07) is 22.7. The Morgan fingerprint density at radius 1 is 1.00 bits per heavy atom. The number of nitrogens with two attached hydrogens (primary N) is 1. The number of benzene rings is 3. The van der Waals surface area contributed by atoms with Crippen molar-refractivity contribution < 1.29 is 9.90 Å². The fourth-order valence-electron chi connectivity index (χ4n) is 3.85. The lowest BCUT2D eigenvalue weighted by Gasteiger charge is -2.13. The monoisotopic (exact) mass is 435 g/mol. The van der Waals surface area contributed by atoms with Crippen molar-refractivity contribution in [1.82, 2.24) is 9.97 Å². The van der Waals surface area contributed by atoms with Gasteiger partial charge in [-0.25, -0.2) is 14.8 Å². The summed E-state index contributed by atoms with van der Waals surface area (Å²) in [5.74, 6) is -0.542. The molecule has 162 valence electrons. The van der Waals surface area contributed by atoms with Crippen LogP contribution < -0.4 is 11.1 Å². The second-order valence-corrected chi connectivity index (χ2v) is 7.69. The molecule has 5 rings (SSSR count). The lowest BCUT2D eigenvalue weighted by molar-refractivity contribution is 0.0697. The van der Waals surface area contributed by atoms with Gasteiger partial charge in [0.25, 0.3) is 0 Å². The number of rotatable bonds is 5. The Kier molecular flexibility index (Phi) is 5.38.